The molecule has 5 heteroatoms. The molecule has 1 fully saturated rings. The fourth-order valence-electron chi connectivity index (χ4n) is 3.57. The van der Waals surface area contributed by atoms with E-state index in [1.54, 1.807) is 6.07 Å². The molecule has 2 nitrogen and oxygen atoms in total. The van der Waals surface area contributed by atoms with Crippen molar-refractivity contribution in [1.29, 1.82) is 0 Å². The number of benzene rings is 2. The summed E-state index contributed by atoms with van der Waals surface area (Å²) in [4.78, 5) is 2.29. The zero-order valence-electron chi connectivity index (χ0n) is 14.9. The summed E-state index contributed by atoms with van der Waals surface area (Å²) < 4.78 is 46.0. The first-order valence-electron chi connectivity index (χ1n) is 9.03. The van der Waals surface area contributed by atoms with E-state index in [2.05, 4.69) is 11.9 Å². The Hall–Kier alpha value is -2.01. The van der Waals surface area contributed by atoms with E-state index in [9.17, 15) is 13.2 Å². The Labute approximate surface area is 152 Å². The molecule has 2 aromatic rings. The standard InChI is InChI=1S/C21H24F3NO/c1-25-14-8-7-11-17(25)15-20(16-9-3-2-4-10-16)26-19-13-6-5-12-18(19)21(22,23)24/h2-6,9-10,12-13,17,20H,7-8,11,14-15H2,1H3. The second kappa shape index (κ2) is 8.12. The lowest BCUT2D eigenvalue weighted by atomic mass is 9.94. The molecule has 2 atom stereocenters. The van der Waals surface area contributed by atoms with Gasteiger partial charge >= 0.3 is 6.18 Å². The molecule has 0 radical (unpaired) electrons. The highest BCUT2D eigenvalue weighted by Crippen LogP contribution is 2.39. The molecule has 140 valence electrons. The van der Waals surface area contributed by atoms with Gasteiger partial charge in [0, 0.05) is 12.5 Å². The van der Waals surface area contributed by atoms with Gasteiger partial charge in [-0.15, -0.1) is 0 Å². The van der Waals surface area contributed by atoms with Gasteiger partial charge in [-0.1, -0.05) is 48.9 Å². The molecule has 1 aliphatic rings. The molecule has 3 rings (SSSR count). The second-order valence-electron chi connectivity index (χ2n) is 6.88. The van der Waals surface area contributed by atoms with Gasteiger partial charge in [0.25, 0.3) is 0 Å². The first-order valence-corrected chi connectivity index (χ1v) is 9.03. The number of piperidine rings is 1. The van der Waals surface area contributed by atoms with Crippen molar-refractivity contribution in [2.24, 2.45) is 0 Å². The van der Waals surface area contributed by atoms with E-state index in [1.165, 1.54) is 18.6 Å². The van der Waals surface area contributed by atoms with Crippen LogP contribution in [-0.2, 0) is 6.18 Å². The highest BCUT2D eigenvalue weighted by atomic mass is 19.4. The maximum atomic E-state index is 13.3. The molecular formula is C21H24F3NO. The van der Waals surface area contributed by atoms with Gasteiger partial charge in [-0.2, -0.15) is 13.2 Å². The average Bonchev–Trinajstić information content (AvgIpc) is 2.63. The first kappa shape index (κ1) is 18.8. The summed E-state index contributed by atoms with van der Waals surface area (Å²) in [5, 5.41) is 0. The molecular weight excluding hydrogens is 339 g/mol. The van der Waals surface area contributed by atoms with Gasteiger partial charge in [-0.05, 0) is 44.1 Å². The van der Waals surface area contributed by atoms with Gasteiger partial charge in [-0.25, -0.2) is 0 Å². The van der Waals surface area contributed by atoms with Crippen molar-refractivity contribution in [3.8, 4) is 5.75 Å². The van der Waals surface area contributed by atoms with Crippen LogP contribution in [0.1, 0.15) is 42.9 Å². The number of halogens is 3. The predicted molar refractivity (Wildman–Crippen MR) is 96.1 cm³/mol. The fourth-order valence-corrected chi connectivity index (χ4v) is 3.57. The van der Waals surface area contributed by atoms with Crippen molar-refractivity contribution in [1.82, 2.24) is 4.90 Å². The van der Waals surface area contributed by atoms with E-state index in [-0.39, 0.29) is 5.75 Å². The van der Waals surface area contributed by atoms with Crippen LogP contribution in [0.25, 0.3) is 0 Å². The van der Waals surface area contributed by atoms with Crippen molar-refractivity contribution in [2.45, 2.75) is 44.0 Å². The van der Waals surface area contributed by atoms with E-state index in [4.69, 9.17) is 4.74 Å². The highest BCUT2D eigenvalue weighted by Gasteiger charge is 2.35. The van der Waals surface area contributed by atoms with Crippen molar-refractivity contribution < 1.29 is 17.9 Å². The van der Waals surface area contributed by atoms with Crippen molar-refractivity contribution in [2.75, 3.05) is 13.6 Å². The number of likely N-dealkylation sites (tertiary alicyclic amines) is 1. The third-order valence-corrected chi connectivity index (χ3v) is 5.04. The van der Waals surface area contributed by atoms with E-state index in [0.717, 1.165) is 31.0 Å². The molecule has 0 aliphatic carbocycles. The molecule has 0 amide bonds. The van der Waals surface area contributed by atoms with Crippen LogP contribution in [0, 0.1) is 0 Å². The van der Waals surface area contributed by atoms with Gasteiger partial charge < -0.3 is 9.64 Å². The lowest BCUT2D eigenvalue weighted by Crippen LogP contribution is -2.38. The summed E-state index contributed by atoms with van der Waals surface area (Å²) in [7, 11) is 2.08. The number of hydrogen-bond acceptors (Lipinski definition) is 2. The largest absolute Gasteiger partial charge is 0.485 e. The maximum absolute atomic E-state index is 13.3. The molecule has 2 unspecified atom stereocenters. The van der Waals surface area contributed by atoms with Crippen molar-refractivity contribution in [3.05, 3.63) is 65.7 Å². The molecule has 0 N–H and O–H groups in total. The molecule has 0 spiro atoms. The topological polar surface area (TPSA) is 12.5 Å². The third-order valence-electron chi connectivity index (χ3n) is 5.04. The van der Waals surface area contributed by atoms with Crippen LogP contribution in [0.3, 0.4) is 0 Å². The smallest absolute Gasteiger partial charge is 0.419 e. The number of para-hydroxylation sites is 1. The highest BCUT2D eigenvalue weighted by molar-refractivity contribution is 5.36. The maximum Gasteiger partial charge on any atom is 0.419 e. The lowest BCUT2D eigenvalue weighted by molar-refractivity contribution is -0.139. The van der Waals surface area contributed by atoms with E-state index in [1.807, 2.05) is 30.3 Å². The van der Waals surface area contributed by atoms with Crippen molar-refractivity contribution in [3.63, 3.8) is 0 Å². The predicted octanol–water partition coefficient (Wildman–Crippen LogP) is 5.70. The van der Waals surface area contributed by atoms with Crippen LogP contribution in [0.2, 0.25) is 0 Å². The molecule has 0 saturated carbocycles. The molecule has 1 saturated heterocycles. The minimum Gasteiger partial charge on any atom is -0.485 e. The molecule has 26 heavy (non-hydrogen) atoms. The molecule has 0 aromatic heterocycles. The summed E-state index contributed by atoms with van der Waals surface area (Å²) >= 11 is 0. The minimum absolute atomic E-state index is 0.104. The van der Waals surface area contributed by atoms with Crippen molar-refractivity contribution >= 4 is 0 Å². The zero-order chi connectivity index (χ0) is 18.6. The normalized spacial score (nSPS) is 19.9. The summed E-state index contributed by atoms with van der Waals surface area (Å²) in [5.74, 6) is -0.104. The van der Waals surface area contributed by atoms with Crippen LogP contribution in [0.15, 0.2) is 54.6 Å². The molecule has 0 bridgehead atoms. The minimum atomic E-state index is -4.43. The SMILES string of the molecule is CN1CCCCC1CC(Oc1ccccc1C(F)(F)F)c1ccccc1. The first-order chi connectivity index (χ1) is 12.4. The van der Waals surface area contributed by atoms with E-state index < -0.39 is 17.8 Å². The Bertz CT molecular complexity index is 702. The number of rotatable bonds is 5. The van der Waals surface area contributed by atoms with Gasteiger partial charge in [0.2, 0.25) is 0 Å². The van der Waals surface area contributed by atoms with Crippen LogP contribution in [-0.4, -0.2) is 24.5 Å². The fraction of sp³-hybridized carbons (Fsp3) is 0.429. The number of alkyl halides is 3. The van der Waals surface area contributed by atoms with E-state index in [0.29, 0.717) is 12.5 Å². The Morgan fingerprint density at radius 1 is 1.04 bits per heavy atom. The van der Waals surface area contributed by atoms with E-state index >= 15 is 0 Å². The van der Waals surface area contributed by atoms with Gasteiger partial charge in [0.05, 0.1) is 5.56 Å². The van der Waals surface area contributed by atoms with Crippen LogP contribution in [0.4, 0.5) is 13.2 Å². The van der Waals surface area contributed by atoms with Crippen LogP contribution >= 0.6 is 0 Å². The van der Waals surface area contributed by atoms with Crippen LogP contribution < -0.4 is 4.74 Å². The number of hydrogen-bond donors (Lipinski definition) is 0. The Morgan fingerprint density at radius 3 is 2.42 bits per heavy atom. The summed E-state index contributed by atoms with van der Waals surface area (Å²) in [6.07, 6.45) is -0.808. The third kappa shape index (κ3) is 4.58. The van der Waals surface area contributed by atoms with Crippen LogP contribution in [0.5, 0.6) is 5.75 Å². The number of ether oxygens (including phenoxy) is 1. The molecule has 2 aromatic carbocycles. The molecule has 1 aliphatic heterocycles. The quantitative estimate of drug-likeness (QED) is 0.676. The Kier molecular flexibility index (Phi) is 5.87. The Morgan fingerprint density at radius 2 is 1.73 bits per heavy atom. The number of nitrogens with zero attached hydrogens (tertiary/aromatic N) is 1. The van der Waals surface area contributed by atoms with Gasteiger partial charge in [-0.3, -0.25) is 0 Å². The second-order valence-corrected chi connectivity index (χ2v) is 6.88. The zero-order valence-corrected chi connectivity index (χ0v) is 14.9. The van der Waals surface area contributed by atoms with Gasteiger partial charge in [0.1, 0.15) is 11.9 Å². The van der Waals surface area contributed by atoms with Gasteiger partial charge in [0.15, 0.2) is 0 Å². The molecule has 1 heterocycles. The monoisotopic (exact) mass is 363 g/mol. The summed E-state index contributed by atoms with van der Waals surface area (Å²) in [5.41, 5.74) is 0.182. The summed E-state index contributed by atoms with van der Waals surface area (Å²) in [6, 6.07) is 15.3. The lowest BCUT2D eigenvalue weighted by Gasteiger charge is -2.35. The summed E-state index contributed by atoms with van der Waals surface area (Å²) in [6.45, 7) is 1.02. The Balaban J connectivity index is 1.87. The average molecular weight is 363 g/mol.